The van der Waals surface area contributed by atoms with Crippen LogP contribution in [0.25, 0.3) is 0 Å². The Labute approximate surface area is 135 Å². The molecule has 22 heavy (non-hydrogen) atoms. The van der Waals surface area contributed by atoms with Gasteiger partial charge in [-0.2, -0.15) is 0 Å². The van der Waals surface area contributed by atoms with Crippen molar-refractivity contribution in [2.45, 2.75) is 18.9 Å². The summed E-state index contributed by atoms with van der Waals surface area (Å²) < 4.78 is 0. The number of likely N-dealkylation sites (N-methyl/N-ethyl adjacent to an activating group) is 1. The molecule has 0 bridgehead atoms. The first-order chi connectivity index (χ1) is 10.5. The number of rotatable bonds is 2. The summed E-state index contributed by atoms with van der Waals surface area (Å²) in [6.45, 7) is 5.05. The number of halogens is 1. The van der Waals surface area contributed by atoms with Crippen LogP contribution in [0, 0.1) is 0 Å². The molecule has 1 unspecified atom stereocenters. The van der Waals surface area contributed by atoms with E-state index in [-0.39, 0.29) is 5.91 Å². The molecule has 6 heteroatoms. The maximum atomic E-state index is 12.8. The Balaban J connectivity index is 1.72. The van der Waals surface area contributed by atoms with E-state index < -0.39 is 5.60 Å². The number of hydrogen-bond donors (Lipinski definition) is 0. The van der Waals surface area contributed by atoms with Crippen LogP contribution in [0.2, 0.25) is 5.02 Å². The molecule has 0 N–H and O–H groups in total. The molecule has 0 saturated carbocycles. The lowest BCUT2D eigenvalue weighted by molar-refractivity contribution is -0.154. The van der Waals surface area contributed by atoms with E-state index >= 15 is 0 Å². The third-order valence-corrected chi connectivity index (χ3v) is 4.62. The van der Waals surface area contributed by atoms with Gasteiger partial charge < -0.3 is 14.6 Å². The number of benzene rings is 1. The standard InChI is InChI=1S/C16H20ClN3O2/c1-16(15(21)20-9-7-19(2)8-10-20)11-14(18-22-16)12-5-3-4-6-13(12)17/h3-6H,7-11H2,1-2H3. The number of amides is 1. The molecule has 3 rings (SSSR count). The van der Waals surface area contributed by atoms with Crippen LogP contribution >= 0.6 is 11.6 Å². The molecule has 0 radical (unpaired) electrons. The molecular weight excluding hydrogens is 302 g/mol. The minimum Gasteiger partial charge on any atom is -0.379 e. The van der Waals surface area contributed by atoms with Crippen molar-refractivity contribution in [3.8, 4) is 0 Å². The predicted molar refractivity (Wildman–Crippen MR) is 86.2 cm³/mol. The molecule has 118 valence electrons. The van der Waals surface area contributed by atoms with E-state index in [0.29, 0.717) is 11.4 Å². The van der Waals surface area contributed by atoms with E-state index in [1.807, 2.05) is 29.2 Å². The largest absolute Gasteiger partial charge is 0.379 e. The molecule has 1 saturated heterocycles. The van der Waals surface area contributed by atoms with Crippen LogP contribution in [0.15, 0.2) is 29.4 Å². The van der Waals surface area contributed by atoms with Crippen molar-refractivity contribution in [3.05, 3.63) is 34.9 Å². The topological polar surface area (TPSA) is 45.1 Å². The normalized spacial score (nSPS) is 25.8. The number of nitrogens with zero attached hydrogens (tertiary/aromatic N) is 3. The molecule has 1 aromatic carbocycles. The molecule has 0 aromatic heterocycles. The van der Waals surface area contributed by atoms with Crippen molar-refractivity contribution in [2.75, 3.05) is 33.2 Å². The van der Waals surface area contributed by atoms with Crippen molar-refractivity contribution in [1.29, 1.82) is 0 Å². The van der Waals surface area contributed by atoms with E-state index in [4.69, 9.17) is 16.4 Å². The molecule has 1 amide bonds. The van der Waals surface area contributed by atoms with Crippen LogP contribution in [0.5, 0.6) is 0 Å². The third-order valence-electron chi connectivity index (χ3n) is 4.29. The third kappa shape index (κ3) is 2.83. The fourth-order valence-electron chi connectivity index (χ4n) is 2.84. The molecule has 2 aliphatic heterocycles. The Kier molecular flexibility index (Phi) is 4.10. The summed E-state index contributed by atoms with van der Waals surface area (Å²) in [5.74, 6) is 0.00593. The van der Waals surface area contributed by atoms with Gasteiger partial charge in [0.25, 0.3) is 5.91 Å². The van der Waals surface area contributed by atoms with Gasteiger partial charge in [0.15, 0.2) is 0 Å². The molecule has 0 spiro atoms. The van der Waals surface area contributed by atoms with Gasteiger partial charge in [-0.05, 0) is 20.0 Å². The summed E-state index contributed by atoms with van der Waals surface area (Å²) in [5, 5.41) is 4.75. The minimum atomic E-state index is -0.926. The van der Waals surface area contributed by atoms with Crippen LogP contribution in [0.4, 0.5) is 0 Å². The SMILES string of the molecule is CN1CCN(C(=O)C2(C)CC(c3ccccc3Cl)=NO2)CC1. The second-order valence-electron chi connectivity index (χ2n) is 6.11. The Morgan fingerprint density at radius 1 is 1.27 bits per heavy atom. The average Bonchev–Trinajstić information content (AvgIpc) is 2.91. The van der Waals surface area contributed by atoms with Gasteiger partial charge in [-0.1, -0.05) is 35.0 Å². The van der Waals surface area contributed by atoms with Crippen LogP contribution < -0.4 is 0 Å². The quantitative estimate of drug-likeness (QED) is 0.837. The highest BCUT2D eigenvalue weighted by Crippen LogP contribution is 2.31. The van der Waals surface area contributed by atoms with Crippen molar-refractivity contribution < 1.29 is 9.63 Å². The fourth-order valence-corrected chi connectivity index (χ4v) is 3.08. The zero-order valence-corrected chi connectivity index (χ0v) is 13.6. The van der Waals surface area contributed by atoms with Crippen molar-refractivity contribution in [1.82, 2.24) is 9.80 Å². The fraction of sp³-hybridized carbons (Fsp3) is 0.500. The number of carbonyl (C=O) groups excluding carboxylic acids is 1. The van der Waals surface area contributed by atoms with Crippen LogP contribution in [-0.2, 0) is 9.63 Å². The first-order valence-electron chi connectivity index (χ1n) is 7.47. The van der Waals surface area contributed by atoms with Crippen LogP contribution in [0.1, 0.15) is 18.9 Å². The second kappa shape index (κ2) is 5.89. The number of carbonyl (C=O) groups is 1. The maximum Gasteiger partial charge on any atom is 0.269 e. The lowest BCUT2D eigenvalue weighted by Gasteiger charge is -2.36. The molecule has 1 aromatic rings. The highest BCUT2D eigenvalue weighted by molar-refractivity contribution is 6.34. The Bertz CT molecular complexity index is 611. The van der Waals surface area contributed by atoms with Gasteiger partial charge >= 0.3 is 0 Å². The summed E-state index contributed by atoms with van der Waals surface area (Å²) in [5.41, 5.74) is 0.638. The Hall–Kier alpha value is -1.59. The van der Waals surface area contributed by atoms with E-state index in [2.05, 4.69) is 17.1 Å². The van der Waals surface area contributed by atoms with Crippen molar-refractivity contribution in [3.63, 3.8) is 0 Å². The highest BCUT2D eigenvalue weighted by atomic mass is 35.5. The summed E-state index contributed by atoms with van der Waals surface area (Å²) in [4.78, 5) is 22.4. The number of piperazine rings is 1. The molecule has 1 fully saturated rings. The van der Waals surface area contributed by atoms with Crippen LogP contribution in [0.3, 0.4) is 0 Å². The second-order valence-corrected chi connectivity index (χ2v) is 6.52. The van der Waals surface area contributed by atoms with Gasteiger partial charge in [0.05, 0.1) is 5.71 Å². The first-order valence-corrected chi connectivity index (χ1v) is 7.85. The highest BCUT2D eigenvalue weighted by Gasteiger charge is 2.45. The molecule has 2 heterocycles. The van der Waals surface area contributed by atoms with Gasteiger partial charge in [0.2, 0.25) is 5.60 Å². The van der Waals surface area contributed by atoms with Gasteiger partial charge in [-0.3, -0.25) is 4.79 Å². The van der Waals surface area contributed by atoms with Crippen LogP contribution in [-0.4, -0.2) is 60.2 Å². The van der Waals surface area contributed by atoms with Gasteiger partial charge in [-0.15, -0.1) is 0 Å². The van der Waals surface area contributed by atoms with Gasteiger partial charge in [-0.25, -0.2) is 0 Å². The smallest absolute Gasteiger partial charge is 0.269 e. The summed E-state index contributed by atoms with van der Waals surface area (Å²) in [7, 11) is 2.06. The lowest BCUT2D eigenvalue weighted by Crippen LogP contribution is -2.54. The van der Waals surface area contributed by atoms with Crippen molar-refractivity contribution >= 4 is 23.2 Å². The van der Waals surface area contributed by atoms with E-state index in [0.717, 1.165) is 37.5 Å². The zero-order chi connectivity index (χ0) is 15.7. The molecule has 5 nitrogen and oxygen atoms in total. The number of oxime groups is 1. The lowest BCUT2D eigenvalue weighted by atomic mass is 9.94. The maximum absolute atomic E-state index is 12.8. The summed E-state index contributed by atoms with van der Waals surface area (Å²) in [6, 6.07) is 7.49. The first kappa shape index (κ1) is 15.3. The summed E-state index contributed by atoms with van der Waals surface area (Å²) in [6.07, 6.45) is 0.446. The molecular formula is C16H20ClN3O2. The predicted octanol–water partition coefficient (Wildman–Crippen LogP) is 2.00. The van der Waals surface area contributed by atoms with E-state index in [9.17, 15) is 4.79 Å². The molecule has 2 aliphatic rings. The number of hydrogen-bond acceptors (Lipinski definition) is 4. The van der Waals surface area contributed by atoms with E-state index in [1.54, 1.807) is 6.92 Å². The monoisotopic (exact) mass is 321 g/mol. The van der Waals surface area contributed by atoms with E-state index in [1.165, 1.54) is 0 Å². The van der Waals surface area contributed by atoms with Gasteiger partial charge in [0.1, 0.15) is 0 Å². The Morgan fingerprint density at radius 3 is 2.64 bits per heavy atom. The molecule has 0 aliphatic carbocycles. The average molecular weight is 322 g/mol. The summed E-state index contributed by atoms with van der Waals surface area (Å²) >= 11 is 6.20. The van der Waals surface area contributed by atoms with Gasteiger partial charge in [0, 0.05) is 43.2 Å². The molecule has 1 atom stereocenters. The van der Waals surface area contributed by atoms with Crippen molar-refractivity contribution in [2.24, 2.45) is 5.16 Å². The Morgan fingerprint density at radius 2 is 1.95 bits per heavy atom. The zero-order valence-electron chi connectivity index (χ0n) is 12.9. The minimum absolute atomic E-state index is 0.00593.